The van der Waals surface area contributed by atoms with Crippen LogP contribution in [0.5, 0.6) is 0 Å². The van der Waals surface area contributed by atoms with Crippen molar-refractivity contribution in [2.24, 2.45) is 17.8 Å². The van der Waals surface area contributed by atoms with E-state index in [0.717, 1.165) is 19.5 Å². The van der Waals surface area contributed by atoms with Gasteiger partial charge in [0.2, 0.25) is 0 Å². The third kappa shape index (κ3) is 5.38. The van der Waals surface area contributed by atoms with Gasteiger partial charge in [0.05, 0.1) is 0 Å². The van der Waals surface area contributed by atoms with Gasteiger partial charge >= 0.3 is 5.97 Å². The summed E-state index contributed by atoms with van der Waals surface area (Å²) in [6.45, 7) is 11.2. The molecular weight excluding hydrogens is 226 g/mol. The quantitative estimate of drug-likeness (QED) is 0.759. The smallest absolute Gasteiger partial charge is 0.303 e. The Morgan fingerprint density at radius 3 is 2.22 bits per heavy atom. The van der Waals surface area contributed by atoms with Gasteiger partial charge in [-0.25, -0.2) is 0 Å². The molecule has 1 atom stereocenters. The molecule has 0 radical (unpaired) electrons. The molecule has 0 saturated carbocycles. The van der Waals surface area contributed by atoms with Crippen LogP contribution in [-0.2, 0) is 4.79 Å². The fourth-order valence-electron chi connectivity index (χ4n) is 3.09. The van der Waals surface area contributed by atoms with Crippen LogP contribution in [-0.4, -0.2) is 35.1 Å². The van der Waals surface area contributed by atoms with Crippen molar-refractivity contribution in [3.8, 4) is 0 Å². The number of carbonyl (C=O) groups is 1. The number of hydrogen-bond acceptors (Lipinski definition) is 2. The Balaban J connectivity index is 2.50. The number of carboxylic acid groups (broad SMARTS) is 1. The van der Waals surface area contributed by atoms with Crippen LogP contribution in [0.25, 0.3) is 0 Å². The average molecular weight is 255 g/mol. The molecule has 0 bridgehead atoms. The van der Waals surface area contributed by atoms with Gasteiger partial charge in [-0.3, -0.25) is 4.79 Å². The van der Waals surface area contributed by atoms with E-state index in [2.05, 4.69) is 32.6 Å². The van der Waals surface area contributed by atoms with Crippen LogP contribution in [0.2, 0.25) is 0 Å². The van der Waals surface area contributed by atoms with E-state index in [1.54, 1.807) is 0 Å². The highest BCUT2D eigenvalue weighted by atomic mass is 16.4. The summed E-state index contributed by atoms with van der Waals surface area (Å²) >= 11 is 0. The molecule has 1 unspecified atom stereocenters. The molecule has 0 aromatic heterocycles. The van der Waals surface area contributed by atoms with Crippen molar-refractivity contribution in [3.63, 3.8) is 0 Å². The lowest BCUT2D eigenvalue weighted by Gasteiger charge is -2.30. The number of rotatable bonds is 7. The Kier molecular flexibility index (Phi) is 6.13. The van der Waals surface area contributed by atoms with E-state index < -0.39 is 5.97 Å². The van der Waals surface area contributed by atoms with Crippen LogP contribution in [0.1, 0.15) is 53.4 Å². The maximum atomic E-state index is 10.8. The molecule has 3 nitrogen and oxygen atoms in total. The van der Waals surface area contributed by atoms with Gasteiger partial charge in [-0.2, -0.15) is 0 Å². The minimum atomic E-state index is -0.647. The molecule has 1 aliphatic rings. The van der Waals surface area contributed by atoms with Gasteiger partial charge in [0, 0.05) is 19.0 Å². The van der Waals surface area contributed by atoms with Gasteiger partial charge in [-0.1, -0.05) is 27.7 Å². The first kappa shape index (κ1) is 15.5. The predicted molar refractivity (Wildman–Crippen MR) is 74.6 cm³/mol. The van der Waals surface area contributed by atoms with Gasteiger partial charge in [-0.05, 0) is 43.6 Å². The molecule has 1 heterocycles. The molecule has 0 amide bonds. The van der Waals surface area contributed by atoms with E-state index >= 15 is 0 Å². The van der Waals surface area contributed by atoms with Crippen molar-refractivity contribution in [3.05, 3.63) is 0 Å². The number of nitrogens with zero attached hydrogens (tertiary/aromatic N) is 1. The lowest BCUT2D eigenvalue weighted by atomic mass is 9.94. The second-order valence-electron chi connectivity index (χ2n) is 6.66. The predicted octanol–water partition coefficient (Wildman–Crippen LogP) is 3.24. The Morgan fingerprint density at radius 2 is 1.78 bits per heavy atom. The largest absolute Gasteiger partial charge is 0.481 e. The first-order valence-corrected chi connectivity index (χ1v) is 7.34. The van der Waals surface area contributed by atoms with Crippen LogP contribution in [0.3, 0.4) is 0 Å². The van der Waals surface area contributed by atoms with Gasteiger partial charge in [0.1, 0.15) is 0 Å². The molecule has 0 aliphatic carbocycles. The van der Waals surface area contributed by atoms with Crippen molar-refractivity contribution in [1.82, 2.24) is 4.90 Å². The molecule has 1 N–H and O–H groups in total. The van der Waals surface area contributed by atoms with Crippen molar-refractivity contribution in [2.45, 2.75) is 59.4 Å². The molecule has 1 saturated heterocycles. The summed E-state index contributed by atoms with van der Waals surface area (Å²) in [4.78, 5) is 13.3. The minimum Gasteiger partial charge on any atom is -0.481 e. The zero-order valence-corrected chi connectivity index (χ0v) is 12.4. The molecule has 106 valence electrons. The summed E-state index contributed by atoms with van der Waals surface area (Å²) in [5, 5.41) is 8.87. The summed E-state index contributed by atoms with van der Waals surface area (Å²) in [5.41, 5.74) is 0. The van der Waals surface area contributed by atoms with E-state index in [1.807, 2.05) is 0 Å². The molecule has 0 spiro atoms. The van der Waals surface area contributed by atoms with Crippen LogP contribution < -0.4 is 0 Å². The second kappa shape index (κ2) is 7.13. The molecule has 1 rings (SSSR count). The van der Waals surface area contributed by atoms with Crippen molar-refractivity contribution >= 4 is 5.97 Å². The topological polar surface area (TPSA) is 40.5 Å². The average Bonchev–Trinajstić information content (AvgIpc) is 2.62. The Bertz CT molecular complexity index is 253. The highest BCUT2D eigenvalue weighted by molar-refractivity contribution is 5.67. The molecule has 1 aliphatic heterocycles. The van der Waals surface area contributed by atoms with Crippen LogP contribution >= 0.6 is 0 Å². The Labute approximate surface area is 112 Å². The molecular formula is C15H29NO2. The standard InChI is InChI=1S/C15H29NO2/c1-11(2)7-14(8-12(3)4)16-6-5-13(10-16)9-15(17)18/h11-14H,5-10H2,1-4H3,(H,17,18). The van der Waals surface area contributed by atoms with Crippen molar-refractivity contribution in [2.75, 3.05) is 13.1 Å². The van der Waals surface area contributed by atoms with Crippen LogP contribution in [0, 0.1) is 17.8 Å². The fourth-order valence-corrected chi connectivity index (χ4v) is 3.09. The zero-order chi connectivity index (χ0) is 13.7. The third-order valence-corrected chi connectivity index (χ3v) is 3.78. The highest BCUT2D eigenvalue weighted by Crippen LogP contribution is 2.27. The Hall–Kier alpha value is -0.570. The monoisotopic (exact) mass is 255 g/mol. The van der Waals surface area contributed by atoms with E-state index in [1.165, 1.54) is 12.8 Å². The molecule has 3 heteroatoms. The van der Waals surface area contributed by atoms with E-state index in [-0.39, 0.29) is 0 Å². The summed E-state index contributed by atoms with van der Waals surface area (Å²) < 4.78 is 0. The summed E-state index contributed by atoms with van der Waals surface area (Å²) in [6.07, 6.45) is 3.86. The highest BCUT2D eigenvalue weighted by Gasteiger charge is 2.29. The number of aliphatic carboxylic acids is 1. The first-order valence-electron chi connectivity index (χ1n) is 7.34. The summed E-state index contributed by atoms with van der Waals surface area (Å²) in [7, 11) is 0. The fraction of sp³-hybridized carbons (Fsp3) is 0.933. The molecule has 0 aromatic rings. The number of likely N-dealkylation sites (tertiary alicyclic amines) is 1. The van der Waals surface area contributed by atoms with E-state index in [4.69, 9.17) is 5.11 Å². The first-order chi connectivity index (χ1) is 8.38. The molecule has 0 aromatic carbocycles. The third-order valence-electron chi connectivity index (χ3n) is 3.78. The molecule has 18 heavy (non-hydrogen) atoms. The van der Waals surface area contributed by atoms with Crippen LogP contribution in [0.4, 0.5) is 0 Å². The van der Waals surface area contributed by atoms with Crippen LogP contribution in [0.15, 0.2) is 0 Å². The van der Waals surface area contributed by atoms with E-state index in [9.17, 15) is 4.79 Å². The maximum absolute atomic E-state index is 10.8. The minimum absolute atomic E-state index is 0.340. The maximum Gasteiger partial charge on any atom is 0.303 e. The second-order valence-corrected chi connectivity index (χ2v) is 6.66. The van der Waals surface area contributed by atoms with Gasteiger partial charge in [0.25, 0.3) is 0 Å². The zero-order valence-electron chi connectivity index (χ0n) is 12.4. The lowest BCUT2D eigenvalue weighted by Crippen LogP contribution is -2.35. The number of hydrogen-bond donors (Lipinski definition) is 1. The van der Waals surface area contributed by atoms with Gasteiger partial charge < -0.3 is 10.0 Å². The van der Waals surface area contributed by atoms with Gasteiger partial charge in [-0.15, -0.1) is 0 Å². The van der Waals surface area contributed by atoms with Crippen molar-refractivity contribution < 1.29 is 9.90 Å². The van der Waals surface area contributed by atoms with Crippen molar-refractivity contribution in [1.29, 1.82) is 0 Å². The normalized spacial score (nSPS) is 21.4. The number of carboxylic acids is 1. The van der Waals surface area contributed by atoms with Gasteiger partial charge in [0.15, 0.2) is 0 Å². The Morgan fingerprint density at radius 1 is 1.22 bits per heavy atom. The lowest BCUT2D eigenvalue weighted by molar-refractivity contribution is -0.138. The summed E-state index contributed by atoms with van der Waals surface area (Å²) in [5.74, 6) is 1.15. The van der Waals surface area contributed by atoms with E-state index in [0.29, 0.717) is 30.2 Å². The SMILES string of the molecule is CC(C)CC(CC(C)C)N1CCC(CC(=O)O)C1. The molecule has 1 fully saturated rings. The summed E-state index contributed by atoms with van der Waals surface area (Å²) in [6, 6.07) is 0.642.